The molecule has 4 rings (SSSR count). The summed E-state index contributed by atoms with van der Waals surface area (Å²) in [6.45, 7) is 8.58. The molecular weight excluding hydrogens is 524 g/mol. The Morgan fingerprint density at radius 1 is 0.786 bits per heavy atom. The molecule has 42 heavy (non-hydrogen) atoms. The standard InChI is InChI=1S/C36H40N2O4/c1-5-42-34(40)15-9-14-33(39)26-16-20-29(21-17-26)37-32(24-27-12-8-11-25-10-6-7-13-31(25)27)35(41)38-30-22-18-28(19-23-30)36(2,3)4/h6-8,10-13,16-23,32,37H,5,9,14-15,24H2,1-4H3,(H,38,41)/t32-/m0/s1. The molecule has 0 aliphatic heterocycles. The average molecular weight is 565 g/mol. The van der Waals surface area contributed by atoms with Crippen molar-refractivity contribution in [3.63, 3.8) is 0 Å². The van der Waals surface area contributed by atoms with Gasteiger partial charge in [0, 0.05) is 36.2 Å². The average Bonchev–Trinajstić information content (AvgIpc) is 2.97. The van der Waals surface area contributed by atoms with E-state index in [0.717, 1.165) is 27.7 Å². The predicted molar refractivity (Wildman–Crippen MR) is 170 cm³/mol. The third-order valence-electron chi connectivity index (χ3n) is 7.28. The van der Waals surface area contributed by atoms with Crippen molar-refractivity contribution in [3.8, 4) is 0 Å². The van der Waals surface area contributed by atoms with Crippen LogP contribution >= 0.6 is 0 Å². The fourth-order valence-corrected chi connectivity index (χ4v) is 4.91. The zero-order valence-corrected chi connectivity index (χ0v) is 24.9. The molecule has 2 N–H and O–H groups in total. The zero-order valence-electron chi connectivity index (χ0n) is 24.9. The number of rotatable bonds is 12. The number of hydrogen-bond donors (Lipinski definition) is 2. The smallest absolute Gasteiger partial charge is 0.305 e. The summed E-state index contributed by atoms with van der Waals surface area (Å²) in [5.74, 6) is -0.467. The molecule has 0 heterocycles. The first kappa shape index (κ1) is 30.5. The Labute approximate surface area is 248 Å². The molecule has 218 valence electrons. The summed E-state index contributed by atoms with van der Waals surface area (Å²) in [6.07, 6.45) is 1.41. The third kappa shape index (κ3) is 8.29. The minimum Gasteiger partial charge on any atom is -0.466 e. The van der Waals surface area contributed by atoms with Gasteiger partial charge in [-0.2, -0.15) is 0 Å². The van der Waals surface area contributed by atoms with Crippen molar-refractivity contribution in [2.45, 2.75) is 64.8 Å². The summed E-state index contributed by atoms with van der Waals surface area (Å²) in [5, 5.41) is 8.72. The molecule has 6 nitrogen and oxygen atoms in total. The van der Waals surface area contributed by atoms with Gasteiger partial charge in [-0.15, -0.1) is 0 Å². The van der Waals surface area contributed by atoms with Crippen LogP contribution in [0.3, 0.4) is 0 Å². The Morgan fingerprint density at radius 2 is 1.45 bits per heavy atom. The third-order valence-corrected chi connectivity index (χ3v) is 7.28. The topological polar surface area (TPSA) is 84.5 Å². The maximum atomic E-state index is 13.7. The number of ketones is 1. The number of esters is 1. The van der Waals surface area contributed by atoms with Crippen LogP contribution in [0.25, 0.3) is 10.8 Å². The van der Waals surface area contributed by atoms with Crippen molar-refractivity contribution < 1.29 is 19.1 Å². The minimum atomic E-state index is -0.566. The number of Topliss-reactive ketones (excluding diaryl/α,β-unsaturated/α-hetero) is 1. The van der Waals surface area contributed by atoms with Gasteiger partial charge >= 0.3 is 5.97 Å². The lowest BCUT2D eigenvalue weighted by atomic mass is 9.87. The monoisotopic (exact) mass is 564 g/mol. The van der Waals surface area contributed by atoms with Gasteiger partial charge in [-0.05, 0) is 77.1 Å². The van der Waals surface area contributed by atoms with E-state index < -0.39 is 6.04 Å². The van der Waals surface area contributed by atoms with E-state index in [9.17, 15) is 14.4 Å². The molecule has 0 aromatic heterocycles. The van der Waals surface area contributed by atoms with Crippen molar-refractivity contribution in [2.24, 2.45) is 0 Å². The van der Waals surface area contributed by atoms with E-state index in [4.69, 9.17) is 4.74 Å². The van der Waals surface area contributed by atoms with Crippen LogP contribution in [0.5, 0.6) is 0 Å². The number of carbonyl (C=O) groups excluding carboxylic acids is 3. The molecule has 0 unspecified atom stereocenters. The Hall–Kier alpha value is -4.45. The summed E-state index contributed by atoms with van der Waals surface area (Å²) in [5.41, 5.74) is 4.33. The molecule has 0 aliphatic rings. The van der Waals surface area contributed by atoms with Gasteiger partial charge < -0.3 is 15.4 Å². The second-order valence-corrected chi connectivity index (χ2v) is 11.5. The SMILES string of the molecule is CCOC(=O)CCCC(=O)c1ccc(N[C@@H](Cc2cccc3ccccc23)C(=O)Nc2ccc(C(C)(C)C)cc2)cc1. The van der Waals surface area contributed by atoms with Crippen molar-refractivity contribution in [1.29, 1.82) is 0 Å². The van der Waals surface area contributed by atoms with Crippen molar-refractivity contribution in [1.82, 2.24) is 0 Å². The van der Waals surface area contributed by atoms with Crippen LogP contribution in [-0.2, 0) is 26.2 Å². The van der Waals surface area contributed by atoms with Gasteiger partial charge in [0.15, 0.2) is 5.78 Å². The van der Waals surface area contributed by atoms with Crippen LogP contribution < -0.4 is 10.6 Å². The normalized spacial score (nSPS) is 12.0. The number of benzene rings is 4. The number of fused-ring (bicyclic) bond motifs is 1. The van der Waals surface area contributed by atoms with Gasteiger partial charge in [-0.3, -0.25) is 14.4 Å². The molecule has 0 saturated carbocycles. The Bertz CT molecular complexity index is 1510. The number of carbonyl (C=O) groups is 3. The van der Waals surface area contributed by atoms with E-state index >= 15 is 0 Å². The molecule has 0 bridgehead atoms. The summed E-state index contributed by atoms with van der Waals surface area (Å²) >= 11 is 0. The van der Waals surface area contributed by atoms with Gasteiger partial charge in [0.05, 0.1) is 6.61 Å². The van der Waals surface area contributed by atoms with E-state index in [1.807, 2.05) is 54.6 Å². The van der Waals surface area contributed by atoms with Gasteiger partial charge in [0.2, 0.25) is 5.91 Å². The van der Waals surface area contributed by atoms with Crippen molar-refractivity contribution >= 4 is 39.8 Å². The highest BCUT2D eigenvalue weighted by molar-refractivity contribution is 5.98. The summed E-state index contributed by atoms with van der Waals surface area (Å²) in [4.78, 5) is 37.9. The van der Waals surface area contributed by atoms with Crippen molar-refractivity contribution in [3.05, 3.63) is 108 Å². The first-order valence-electron chi connectivity index (χ1n) is 14.6. The maximum absolute atomic E-state index is 13.7. The number of hydrogen-bond acceptors (Lipinski definition) is 5. The summed E-state index contributed by atoms with van der Waals surface area (Å²) in [6, 6.07) is 28.9. The van der Waals surface area contributed by atoms with Crippen LogP contribution in [0.1, 0.15) is 68.4 Å². The lowest BCUT2D eigenvalue weighted by Crippen LogP contribution is -2.36. The molecule has 0 aliphatic carbocycles. The second-order valence-electron chi connectivity index (χ2n) is 11.5. The van der Waals surface area contributed by atoms with E-state index in [1.54, 1.807) is 19.1 Å². The molecule has 1 atom stereocenters. The quantitative estimate of drug-likeness (QED) is 0.136. The van der Waals surface area contributed by atoms with Gasteiger partial charge in [-0.1, -0.05) is 75.4 Å². The Kier molecular flexibility index (Phi) is 10.1. The number of anilines is 2. The van der Waals surface area contributed by atoms with Crippen LogP contribution in [-0.4, -0.2) is 30.3 Å². The zero-order chi connectivity index (χ0) is 30.1. The lowest BCUT2D eigenvalue weighted by molar-refractivity contribution is -0.143. The predicted octanol–water partition coefficient (Wildman–Crippen LogP) is 7.72. The number of ether oxygens (including phenoxy) is 1. The van der Waals surface area contributed by atoms with Gasteiger partial charge in [0.25, 0.3) is 0 Å². The maximum Gasteiger partial charge on any atom is 0.305 e. The van der Waals surface area contributed by atoms with Crippen LogP contribution in [0.2, 0.25) is 0 Å². The number of nitrogens with one attached hydrogen (secondary N) is 2. The number of amides is 1. The van der Waals surface area contributed by atoms with Crippen LogP contribution in [0.4, 0.5) is 11.4 Å². The van der Waals surface area contributed by atoms with E-state index in [0.29, 0.717) is 25.0 Å². The van der Waals surface area contributed by atoms with Crippen LogP contribution in [0.15, 0.2) is 91.0 Å². The fourth-order valence-electron chi connectivity index (χ4n) is 4.91. The second kappa shape index (κ2) is 13.9. The molecule has 0 spiro atoms. The lowest BCUT2D eigenvalue weighted by Gasteiger charge is -2.22. The highest BCUT2D eigenvalue weighted by Gasteiger charge is 2.21. The van der Waals surface area contributed by atoms with Gasteiger partial charge in [-0.25, -0.2) is 0 Å². The summed E-state index contributed by atoms with van der Waals surface area (Å²) < 4.78 is 4.93. The van der Waals surface area contributed by atoms with E-state index in [-0.39, 0.29) is 35.9 Å². The Balaban J connectivity index is 1.50. The molecule has 6 heteroatoms. The molecule has 4 aromatic carbocycles. The highest BCUT2D eigenvalue weighted by Crippen LogP contribution is 2.25. The molecule has 1 amide bonds. The first-order valence-corrected chi connectivity index (χ1v) is 14.6. The van der Waals surface area contributed by atoms with E-state index in [2.05, 4.69) is 55.7 Å². The molecule has 4 aromatic rings. The van der Waals surface area contributed by atoms with Crippen LogP contribution in [0, 0.1) is 0 Å². The molecule has 0 radical (unpaired) electrons. The first-order chi connectivity index (χ1) is 20.1. The molecule has 0 saturated heterocycles. The molecular formula is C36H40N2O4. The minimum absolute atomic E-state index is 0.0232. The van der Waals surface area contributed by atoms with E-state index in [1.165, 1.54) is 5.56 Å². The highest BCUT2D eigenvalue weighted by atomic mass is 16.5. The Morgan fingerprint density at radius 3 is 2.14 bits per heavy atom. The fraction of sp³-hybridized carbons (Fsp3) is 0.306. The van der Waals surface area contributed by atoms with Crippen molar-refractivity contribution in [2.75, 3.05) is 17.2 Å². The molecule has 0 fully saturated rings. The summed E-state index contributed by atoms with van der Waals surface area (Å²) in [7, 11) is 0. The van der Waals surface area contributed by atoms with Gasteiger partial charge in [0.1, 0.15) is 6.04 Å². The largest absolute Gasteiger partial charge is 0.466 e.